The van der Waals surface area contributed by atoms with Crippen molar-refractivity contribution in [3.8, 4) is 0 Å². The molecule has 0 atom stereocenters. The summed E-state index contributed by atoms with van der Waals surface area (Å²) < 4.78 is 10.5. The lowest BCUT2D eigenvalue weighted by atomic mass is 10.2. The molecule has 3 heteroatoms. The number of unbranched alkanes of at least 4 members (excludes halogenated alkanes) is 6. The molecule has 0 spiro atoms. The molecule has 0 aromatic carbocycles. The van der Waals surface area contributed by atoms with E-state index in [1.165, 1.54) is 38.2 Å². The summed E-state index contributed by atoms with van der Waals surface area (Å²) in [6.45, 7) is 9.24. The van der Waals surface area contributed by atoms with Gasteiger partial charge in [0.1, 0.15) is 5.76 Å². The predicted octanol–water partition coefficient (Wildman–Crippen LogP) is 4.78. The second-order valence-electron chi connectivity index (χ2n) is 4.94. The van der Waals surface area contributed by atoms with Gasteiger partial charge in [-0.1, -0.05) is 59.0 Å². The first kappa shape index (κ1) is 18.8. The van der Waals surface area contributed by atoms with Gasteiger partial charge < -0.3 is 9.47 Å². The fraction of sp³-hybridized carbons (Fsp3) is 0.706. The third-order valence-electron chi connectivity index (χ3n) is 2.93. The molecule has 116 valence electrons. The number of carbonyl (C=O) groups excluding carboxylic acids is 1. The van der Waals surface area contributed by atoms with Crippen molar-refractivity contribution >= 4 is 5.97 Å². The summed E-state index contributed by atoms with van der Waals surface area (Å²) in [5.74, 6) is 0.196. The van der Waals surface area contributed by atoms with E-state index in [-0.39, 0.29) is 5.97 Å². The van der Waals surface area contributed by atoms with Crippen molar-refractivity contribution < 1.29 is 14.3 Å². The van der Waals surface area contributed by atoms with Crippen LogP contribution < -0.4 is 0 Å². The lowest BCUT2D eigenvalue weighted by molar-refractivity contribution is -0.137. The standard InChI is InChI=1S/C17H30O3/c1-4-6-8-10-14-19-16(3)12-13-17(18)20-15-11-9-7-5-2/h12-13H,3-11,14-15H2,1-2H3/b13-12+. The lowest BCUT2D eigenvalue weighted by Gasteiger charge is -2.05. The lowest BCUT2D eigenvalue weighted by Crippen LogP contribution is -2.02. The molecule has 0 aromatic heterocycles. The Morgan fingerprint density at radius 1 is 0.850 bits per heavy atom. The van der Waals surface area contributed by atoms with E-state index in [0.717, 1.165) is 19.3 Å². The zero-order valence-corrected chi connectivity index (χ0v) is 13.2. The van der Waals surface area contributed by atoms with Gasteiger partial charge in [-0.25, -0.2) is 4.79 Å². The highest BCUT2D eigenvalue weighted by Gasteiger charge is 1.97. The van der Waals surface area contributed by atoms with Gasteiger partial charge in [-0.15, -0.1) is 0 Å². The van der Waals surface area contributed by atoms with Gasteiger partial charge in [0, 0.05) is 6.08 Å². The van der Waals surface area contributed by atoms with Gasteiger partial charge in [0.15, 0.2) is 0 Å². The molecule has 0 aliphatic carbocycles. The highest BCUT2D eigenvalue weighted by atomic mass is 16.5. The number of hydrogen-bond acceptors (Lipinski definition) is 3. The molecule has 0 saturated carbocycles. The Labute approximate surface area is 124 Å². The molecule has 0 saturated heterocycles. The molecule has 0 aliphatic rings. The topological polar surface area (TPSA) is 35.5 Å². The number of ether oxygens (including phenoxy) is 2. The Hall–Kier alpha value is -1.25. The van der Waals surface area contributed by atoms with Gasteiger partial charge in [-0.2, -0.15) is 0 Å². The Kier molecular flexibility index (Phi) is 13.3. The van der Waals surface area contributed by atoms with E-state index in [1.54, 1.807) is 6.08 Å². The molecular weight excluding hydrogens is 252 g/mol. The number of esters is 1. The maximum absolute atomic E-state index is 11.4. The molecule has 0 aliphatic heterocycles. The third kappa shape index (κ3) is 13.2. The van der Waals surface area contributed by atoms with Crippen LogP contribution in [0.1, 0.15) is 65.2 Å². The van der Waals surface area contributed by atoms with Crippen LogP contribution in [0.15, 0.2) is 24.5 Å². The van der Waals surface area contributed by atoms with E-state index in [2.05, 4.69) is 20.4 Å². The maximum atomic E-state index is 11.4. The van der Waals surface area contributed by atoms with E-state index in [1.807, 2.05) is 0 Å². The smallest absolute Gasteiger partial charge is 0.330 e. The van der Waals surface area contributed by atoms with E-state index >= 15 is 0 Å². The molecule has 0 bridgehead atoms. The van der Waals surface area contributed by atoms with Crippen molar-refractivity contribution in [2.24, 2.45) is 0 Å². The molecule has 0 radical (unpaired) electrons. The molecule has 0 fully saturated rings. The fourth-order valence-corrected chi connectivity index (χ4v) is 1.69. The third-order valence-corrected chi connectivity index (χ3v) is 2.93. The highest BCUT2D eigenvalue weighted by Crippen LogP contribution is 2.03. The first-order valence-corrected chi connectivity index (χ1v) is 7.87. The molecule has 0 aromatic rings. The van der Waals surface area contributed by atoms with E-state index in [0.29, 0.717) is 19.0 Å². The summed E-state index contributed by atoms with van der Waals surface area (Å²) in [6, 6.07) is 0. The molecule has 3 nitrogen and oxygen atoms in total. The molecule has 0 N–H and O–H groups in total. The molecule has 0 unspecified atom stereocenters. The van der Waals surface area contributed by atoms with Crippen LogP contribution in [0.4, 0.5) is 0 Å². The van der Waals surface area contributed by atoms with Crippen LogP contribution in [0, 0.1) is 0 Å². The van der Waals surface area contributed by atoms with Gasteiger partial charge in [-0.3, -0.25) is 0 Å². The molecule has 20 heavy (non-hydrogen) atoms. The van der Waals surface area contributed by atoms with Crippen LogP contribution in [0.2, 0.25) is 0 Å². The molecular formula is C17H30O3. The van der Waals surface area contributed by atoms with E-state index in [9.17, 15) is 4.79 Å². The van der Waals surface area contributed by atoms with Crippen LogP contribution in [-0.4, -0.2) is 19.2 Å². The first-order chi connectivity index (χ1) is 9.70. The van der Waals surface area contributed by atoms with Crippen molar-refractivity contribution in [2.45, 2.75) is 65.2 Å². The van der Waals surface area contributed by atoms with Crippen LogP contribution in [0.5, 0.6) is 0 Å². The van der Waals surface area contributed by atoms with E-state index in [4.69, 9.17) is 9.47 Å². The van der Waals surface area contributed by atoms with Crippen LogP contribution in [0.3, 0.4) is 0 Å². The number of carbonyl (C=O) groups is 1. The van der Waals surface area contributed by atoms with Crippen LogP contribution >= 0.6 is 0 Å². The first-order valence-electron chi connectivity index (χ1n) is 7.87. The Morgan fingerprint density at radius 3 is 1.95 bits per heavy atom. The van der Waals surface area contributed by atoms with Crippen molar-refractivity contribution in [1.29, 1.82) is 0 Å². The molecule has 0 rings (SSSR count). The Morgan fingerprint density at radius 2 is 1.40 bits per heavy atom. The average molecular weight is 282 g/mol. The molecule has 0 heterocycles. The van der Waals surface area contributed by atoms with Crippen molar-refractivity contribution in [1.82, 2.24) is 0 Å². The minimum Gasteiger partial charge on any atom is -0.494 e. The summed E-state index contributed by atoms with van der Waals surface area (Å²) in [4.78, 5) is 11.4. The minimum atomic E-state index is -0.322. The van der Waals surface area contributed by atoms with Crippen molar-refractivity contribution in [3.63, 3.8) is 0 Å². The second-order valence-corrected chi connectivity index (χ2v) is 4.94. The summed E-state index contributed by atoms with van der Waals surface area (Å²) >= 11 is 0. The van der Waals surface area contributed by atoms with Crippen molar-refractivity contribution in [2.75, 3.05) is 13.2 Å². The zero-order chi connectivity index (χ0) is 15.1. The highest BCUT2D eigenvalue weighted by molar-refractivity contribution is 5.82. The number of hydrogen-bond donors (Lipinski definition) is 0. The Balaban J connectivity index is 3.54. The van der Waals surface area contributed by atoms with Gasteiger partial charge in [0.25, 0.3) is 0 Å². The van der Waals surface area contributed by atoms with Crippen LogP contribution in [0.25, 0.3) is 0 Å². The minimum absolute atomic E-state index is 0.322. The van der Waals surface area contributed by atoms with Crippen LogP contribution in [-0.2, 0) is 14.3 Å². The average Bonchev–Trinajstić information content (AvgIpc) is 2.44. The largest absolute Gasteiger partial charge is 0.494 e. The van der Waals surface area contributed by atoms with Crippen molar-refractivity contribution in [3.05, 3.63) is 24.5 Å². The Bertz CT molecular complexity index is 254. The van der Waals surface area contributed by atoms with Gasteiger partial charge in [-0.05, 0) is 18.9 Å². The summed E-state index contributed by atoms with van der Waals surface area (Å²) in [5.41, 5.74) is 0. The van der Waals surface area contributed by atoms with Gasteiger partial charge >= 0.3 is 5.97 Å². The zero-order valence-electron chi connectivity index (χ0n) is 13.2. The summed E-state index contributed by atoms with van der Waals surface area (Å²) in [7, 11) is 0. The van der Waals surface area contributed by atoms with Gasteiger partial charge in [0.05, 0.1) is 13.2 Å². The summed E-state index contributed by atoms with van der Waals surface area (Å²) in [5, 5.41) is 0. The quantitative estimate of drug-likeness (QED) is 0.160. The van der Waals surface area contributed by atoms with Gasteiger partial charge in [0.2, 0.25) is 0 Å². The SMILES string of the molecule is C=C(/C=C/C(=O)OCCCCCC)OCCCCCC. The maximum Gasteiger partial charge on any atom is 0.330 e. The fourth-order valence-electron chi connectivity index (χ4n) is 1.69. The predicted molar refractivity (Wildman–Crippen MR) is 83.5 cm³/mol. The number of rotatable bonds is 13. The second kappa shape index (κ2) is 14.2. The molecule has 0 amide bonds. The summed E-state index contributed by atoms with van der Waals surface area (Å²) in [6.07, 6.45) is 12.0. The normalized spacial score (nSPS) is 10.7. The number of allylic oxidation sites excluding steroid dienone is 1. The van der Waals surface area contributed by atoms with E-state index < -0.39 is 0 Å². The monoisotopic (exact) mass is 282 g/mol.